The number of rotatable bonds is 4. The number of piperidine rings is 1. The quantitative estimate of drug-likeness (QED) is 0.715. The molecule has 28 heavy (non-hydrogen) atoms. The summed E-state index contributed by atoms with van der Waals surface area (Å²) in [4.78, 5) is 19.4. The Bertz CT molecular complexity index is 961. The first-order valence-electron chi connectivity index (χ1n) is 9.79. The van der Waals surface area contributed by atoms with Crippen molar-refractivity contribution in [1.29, 1.82) is 0 Å². The molecule has 0 unspecified atom stereocenters. The Balaban J connectivity index is 1.50. The van der Waals surface area contributed by atoms with Crippen molar-refractivity contribution in [2.24, 2.45) is 0 Å². The Hall–Kier alpha value is -2.37. The molecule has 0 atom stereocenters. The van der Waals surface area contributed by atoms with Gasteiger partial charge in [-0.3, -0.25) is 4.57 Å². The van der Waals surface area contributed by atoms with Gasteiger partial charge in [0.05, 0.1) is 11.0 Å². The Kier molecular flexibility index (Phi) is 5.64. The summed E-state index contributed by atoms with van der Waals surface area (Å²) in [7, 11) is 2.15. The first-order chi connectivity index (χ1) is 13.6. The van der Waals surface area contributed by atoms with Crippen LogP contribution in [0, 0.1) is 0 Å². The Labute approximate surface area is 170 Å². The lowest BCUT2D eigenvalue weighted by molar-refractivity contribution is 0.243. The van der Waals surface area contributed by atoms with E-state index in [1.54, 1.807) is 10.9 Å². The van der Waals surface area contributed by atoms with E-state index in [4.69, 9.17) is 11.6 Å². The molecule has 2 heterocycles. The number of hydrogen-bond acceptors (Lipinski definition) is 3. The van der Waals surface area contributed by atoms with Crippen LogP contribution < -0.4 is 5.32 Å². The van der Waals surface area contributed by atoms with Gasteiger partial charge >= 0.3 is 6.03 Å². The lowest BCUT2D eigenvalue weighted by Crippen LogP contribution is -2.30. The Morgan fingerprint density at radius 3 is 2.71 bits per heavy atom. The van der Waals surface area contributed by atoms with Crippen molar-refractivity contribution < 1.29 is 4.79 Å². The molecule has 0 radical (unpaired) electrons. The van der Waals surface area contributed by atoms with E-state index >= 15 is 0 Å². The summed E-state index contributed by atoms with van der Waals surface area (Å²) < 4.78 is 1.59. The van der Waals surface area contributed by atoms with E-state index in [0.717, 1.165) is 54.0 Å². The molecule has 1 aromatic heterocycles. The lowest BCUT2D eigenvalue weighted by atomic mass is 9.89. The van der Waals surface area contributed by atoms with Crippen molar-refractivity contribution in [3.8, 4) is 0 Å². The van der Waals surface area contributed by atoms with E-state index in [2.05, 4.69) is 40.4 Å². The first kappa shape index (κ1) is 19.0. The van der Waals surface area contributed by atoms with Gasteiger partial charge in [0.15, 0.2) is 0 Å². The molecular weight excluding hydrogens is 372 g/mol. The highest BCUT2D eigenvalue weighted by atomic mass is 35.5. The van der Waals surface area contributed by atoms with Crippen molar-refractivity contribution in [1.82, 2.24) is 19.8 Å². The third kappa shape index (κ3) is 4.05. The second kappa shape index (κ2) is 8.33. The number of halogens is 1. The van der Waals surface area contributed by atoms with Crippen LogP contribution in [0.2, 0.25) is 5.02 Å². The predicted octanol–water partition coefficient (Wildman–Crippen LogP) is 4.30. The van der Waals surface area contributed by atoms with Crippen LogP contribution in [0.5, 0.6) is 0 Å². The number of imidazole rings is 1. The fraction of sp³-hybridized carbons (Fsp3) is 0.364. The molecule has 0 saturated carbocycles. The molecule has 146 valence electrons. The van der Waals surface area contributed by atoms with Crippen LogP contribution in [0.4, 0.5) is 4.79 Å². The maximum absolute atomic E-state index is 12.7. The van der Waals surface area contributed by atoms with Gasteiger partial charge in [-0.15, -0.1) is 0 Å². The molecule has 1 aliphatic heterocycles. The molecule has 2 aromatic carbocycles. The van der Waals surface area contributed by atoms with E-state index < -0.39 is 0 Å². The van der Waals surface area contributed by atoms with Gasteiger partial charge in [-0.05, 0) is 68.6 Å². The molecule has 0 aliphatic carbocycles. The monoisotopic (exact) mass is 396 g/mol. The zero-order chi connectivity index (χ0) is 19.5. The van der Waals surface area contributed by atoms with Gasteiger partial charge in [-0.2, -0.15) is 0 Å². The average molecular weight is 397 g/mol. The second-order valence-electron chi connectivity index (χ2n) is 7.52. The normalized spacial score (nSPS) is 15.8. The average Bonchev–Trinajstić information content (AvgIpc) is 3.11. The summed E-state index contributed by atoms with van der Waals surface area (Å²) in [6.45, 7) is 2.72. The predicted molar refractivity (Wildman–Crippen MR) is 113 cm³/mol. The van der Waals surface area contributed by atoms with Crippen molar-refractivity contribution in [2.45, 2.75) is 25.2 Å². The molecule has 1 amide bonds. The van der Waals surface area contributed by atoms with Crippen molar-refractivity contribution in [3.63, 3.8) is 0 Å². The van der Waals surface area contributed by atoms with Crippen LogP contribution in [0.25, 0.3) is 11.0 Å². The van der Waals surface area contributed by atoms with E-state index in [9.17, 15) is 4.79 Å². The number of carbonyl (C=O) groups excluding carboxylic acids is 1. The maximum atomic E-state index is 12.7. The number of nitrogens with zero attached hydrogens (tertiary/aromatic N) is 3. The van der Waals surface area contributed by atoms with Crippen molar-refractivity contribution >= 4 is 28.7 Å². The minimum atomic E-state index is -0.157. The minimum Gasteiger partial charge on any atom is -0.337 e. The van der Waals surface area contributed by atoms with Crippen LogP contribution >= 0.6 is 11.6 Å². The summed E-state index contributed by atoms with van der Waals surface area (Å²) in [6, 6.07) is 13.9. The third-order valence-corrected chi connectivity index (χ3v) is 5.90. The second-order valence-corrected chi connectivity index (χ2v) is 7.93. The van der Waals surface area contributed by atoms with Crippen LogP contribution in [-0.4, -0.2) is 47.2 Å². The zero-order valence-corrected chi connectivity index (χ0v) is 16.8. The molecule has 6 heteroatoms. The zero-order valence-electron chi connectivity index (χ0n) is 16.1. The molecule has 1 aliphatic rings. The number of fused-ring (bicyclic) bond motifs is 1. The summed E-state index contributed by atoms with van der Waals surface area (Å²) in [6.07, 6.45) is 4.54. The fourth-order valence-electron chi connectivity index (χ4n) is 3.88. The summed E-state index contributed by atoms with van der Waals surface area (Å²) in [5.41, 5.74) is 3.89. The largest absolute Gasteiger partial charge is 0.337 e. The third-order valence-electron chi connectivity index (χ3n) is 5.58. The molecule has 1 fully saturated rings. The SMILES string of the molecule is CN1CCC(c2cc3c(cc2Cl)ncn3C(=O)NCCc2ccccc2)CC1. The highest BCUT2D eigenvalue weighted by Crippen LogP contribution is 2.35. The number of amides is 1. The molecule has 4 rings (SSSR count). The van der Waals surface area contributed by atoms with E-state index in [-0.39, 0.29) is 6.03 Å². The highest BCUT2D eigenvalue weighted by Gasteiger charge is 2.22. The van der Waals surface area contributed by atoms with E-state index in [0.29, 0.717) is 12.5 Å². The summed E-state index contributed by atoms with van der Waals surface area (Å²) in [5, 5.41) is 3.74. The molecular formula is C22H25ClN4O. The number of nitrogens with one attached hydrogen (secondary N) is 1. The molecule has 1 N–H and O–H groups in total. The standard InChI is InChI=1S/C22H25ClN4O/c1-26-11-8-17(9-12-26)18-13-21-20(14-19(18)23)25-15-27(21)22(28)24-10-7-16-5-3-2-4-6-16/h2-6,13-15,17H,7-12H2,1H3,(H,24,28). The van der Waals surface area contributed by atoms with Gasteiger partial charge in [0.25, 0.3) is 0 Å². The Morgan fingerprint density at radius 2 is 1.96 bits per heavy atom. The van der Waals surface area contributed by atoms with E-state index in [1.165, 1.54) is 5.56 Å². The fourth-order valence-corrected chi connectivity index (χ4v) is 4.20. The summed E-state index contributed by atoms with van der Waals surface area (Å²) in [5.74, 6) is 0.428. The number of hydrogen-bond donors (Lipinski definition) is 1. The van der Waals surface area contributed by atoms with Crippen LogP contribution in [0.15, 0.2) is 48.8 Å². The summed E-state index contributed by atoms with van der Waals surface area (Å²) >= 11 is 6.55. The van der Waals surface area contributed by atoms with Gasteiger partial charge in [0.2, 0.25) is 0 Å². The smallest absolute Gasteiger partial charge is 0.327 e. The van der Waals surface area contributed by atoms with Gasteiger partial charge < -0.3 is 10.2 Å². The number of likely N-dealkylation sites (tertiary alicyclic amines) is 1. The van der Waals surface area contributed by atoms with Gasteiger partial charge in [-0.25, -0.2) is 9.78 Å². The lowest BCUT2D eigenvalue weighted by Gasteiger charge is -2.29. The van der Waals surface area contributed by atoms with Crippen LogP contribution in [0.1, 0.15) is 29.9 Å². The molecule has 1 saturated heterocycles. The van der Waals surface area contributed by atoms with Gasteiger partial charge in [0.1, 0.15) is 6.33 Å². The number of carbonyl (C=O) groups is 1. The molecule has 5 nitrogen and oxygen atoms in total. The molecule has 3 aromatic rings. The number of benzene rings is 2. The van der Waals surface area contributed by atoms with Crippen LogP contribution in [-0.2, 0) is 6.42 Å². The molecule has 0 spiro atoms. The topological polar surface area (TPSA) is 50.2 Å². The van der Waals surface area contributed by atoms with Crippen molar-refractivity contribution in [3.05, 3.63) is 64.9 Å². The minimum absolute atomic E-state index is 0.157. The Morgan fingerprint density at radius 1 is 1.21 bits per heavy atom. The maximum Gasteiger partial charge on any atom is 0.327 e. The van der Waals surface area contributed by atoms with E-state index in [1.807, 2.05) is 24.3 Å². The highest BCUT2D eigenvalue weighted by molar-refractivity contribution is 6.32. The van der Waals surface area contributed by atoms with Crippen LogP contribution in [0.3, 0.4) is 0 Å². The number of aromatic nitrogens is 2. The van der Waals surface area contributed by atoms with Crippen molar-refractivity contribution in [2.75, 3.05) is 26.7 Å². The van der Waals surface area contributed by atoms with Gasteiger partial charge in [-0.1, -0.05) is 41.9 Å². The molecule has 0 bridgehead atoms. The first-order valence-corrected chi connectivity index (χ1v) is 10.2. The van der Waals surface area contributed by atoms with Gasteiger partial charge in [0, 0.05) is 11.6 Å².